The topological polar surface area (TPSA) is 81.7 Å². The molecule has 168 valence electrons. The van der Waals surface area contributed by atoms with E-state index in [2.05, 4.69) is 20.3 Å². The molecule has 0 saturated carbocycles. The van der Waals surface area contributed by atoms with Gasteiger partial charge < -0.3 is 9.67 Å². The van der Waals surface area contributed by atoms with Gasteiger partial charge in [-0.05, 0) is 37.1 Å². The van der Waals surface area contributed by atoms with Crippen molar-refractivity contribution in [2.75, 3.05) is 0 Å². The van der Waals surface area contributed by atoms with Crippen LogP contribution in [-0.4, -0.2) is 40.8 Å². The molecule has 1 N–H and O–H groups in total. The molecule has 11 heteroatoms. The van der Waals surface area contributed by atoms with Crippen molar-refractivity contribution in [1.82, 2.24) is 29.5 Å². The highest BCUT2D eigenvalue weighted by Gasteiger charge is 2.40. The Kier molecular flexibility index (Phi) is 5.25. The Labute approximate surface area is 186 Å². The Balaban J connectivity index is 2.00. The summed E-state index contributed by atoms with van der Waals surface area (Å²) >= 11 is 6.07. The van der Waals surface area contributed by atoms with Gasteiger partial charge in [0.15, 0.2) is 5.60 Å². The van der Waals surface area contributed by atoms with Gasteiger partial charge in [0.05, 0.1) is 30.0 Å². The second kappa shape index (κ2) is 7.56. The molecule has 0 spiro atoms. The molecule has 0 fully saturated rings. The number of imidazole rings is 1. The van der Waals surface area contributed by atoms with Crippen LogP contribution in [0.5, 0.6) is 0 Å². The van der Waals surface area contributed by atoms with E-state index in [1.165, 1.54) is 10.9 Å². The molecule has 1 atom stereocenters. The summed E-state index contributed by atoms with van der Waals surface area (Å²) in [5.41, 5.74) is 0.192. The molecule has 3 heterocycles. The minimum atomic E-state index is -4.44. The lowest BCUT2D eigenvalue weighted by atomic mass is 9.86. The molecule has 0 aliphatic rings. The average molecular weight is 465 g/mol. The molecule has 32 heavy (non-hydrogen) atoms. The van der Waals surface area contributed by atoms with E-state index in [0.29, 0.717) is 39.2 Å². The molecule has 0 amide bonds. The summed E-state index contributed by atoms with van der Waals surface area (Å²) in [5.74, 6) is 0.673. The molecule has 0 saturated heterocycles. The highest BCUT2D eigenvalue weighted by atomic mass is 35.5. The summed E-state index contributed by atoms with van der Waals surface area (Å²) in [7, 11) is 3.41. The Morgan fingerprint density at radius 3 is 2.38 bits per heavy atom. The first-order valence-electron chi connectivity index (χ1n) is 9.65. The fourth-order valence-corrected chi connectivity index (χ4v) is 4.24. The van der Waals surface area contributed by atoms with Crippen LogP contribution in [0.4, 0.5) is 13.2 Å². The number of hydrogen-bond donors (Lipinski definition) is 1. The SMILES string of the molecule is Cc1c(CC(F)(F)F)c(Cl)nc2ccc(C(O)(c3cnnn3C)c3cnc(C)n3C)cc12. The fraction of sp³-hybridized carbons (Fsp3) is 0.333. The van der Waals surface area contributed by atoms with Crippen LogP contribution >= 0.6 is 11.6 Å². The largest absolute Gasteiger partial charge is 0.393 e. The lowest BCUT2D eigenvalue weighted by Gasteiger charge is -2.29. The fourth-order valence-electron chi connectivity index (χ4n) is 3.94. The molecule has 4 rings (SSSR count). The average Bonchev–Trinajstić information content (AvgIpc) is 3.30. The van der Waals surface area contributed by atoms with Crippen LogP contribution in [0, 0.1) is 13.8 Å². The summed E-state index contributed by atoms with van der Waals surface area (Å²) < 4.78 is 42.5. The van der Waals surface area contributed by atoms with Crippen LogP contribution in [0.15, 0.2) is 30.6 Å². The number of aliphatic hydroxyl groups is 1. The van der Waals surface area contributed by atoms with E-state index in [9.17, 15) is 18.3 Å². The van der Waals surface area contributed by atoms with Gasteiger partial charge in [0.1, 0.15) is 16.7 Å². The van der Waals surface area contributed by atoms with Crippen LogP contribution in [0.3, 0.4) is 0 Å². The van der Waals surface area contributed by atoms with Gasteiger partial charge in [-0.1, -0.05) is 22.9 Å². The second-order valence-electron chi connectivity index (χ2n) is 7.73. The van der Waals surface area contributed by atoms with Crippen molar-refractivity contribution in [3.63, 3.8) is 0 Å². The molecular formula is C21H20ClF3N6O. The Bertz CT molecular complexity index is 1330. The quantitative estimate of drug-likeness (QED) is 0.465. The zero-order valence-corrected chi connectivity index (χ0v) is 18.5. The monoisotopic (exact) mass is 464 g/mol. The van der Waals surface area contributed by atoms with Crippen LogP contribution in [0.2, 0.25) is 5.15 Å². The third-order valence-electron chi connectivity index (χ3n) is 5.79. The minimum absolute atomic E-state index is 0.0917. The number of aromatic nitrogens is 6. The summed E-state index contributed by atoms with van der Waals surface area (Å²) in [6, 6.07) is 4.91. The first kappa shape index (κ1) is 22.2. The van der Waals surface area contributed by atoms with E-state index >= 15 is 0 Å². The van der Waals surface area contributed by atoms with Crippen molar-refractivity contribution >= 4 is 22.5 Å². The van der Waals surface area contributed by atoms with E-state index in [1.807, 2.05) is 0 Å². The first-order chi connectivity index (χ1) is 14.9. The molecule has 3 aromatic heterocycles. The standard InChI is InChI=1S/C21H20ClF3N6O/c1-11-14-7-13(5-6-16(14)28-19(22)15(11)8-20(23,24)25)21(32,18-10-27-29-31(18)4)17-9-26-12(2)30(17)3/h5-7,9-10,32H,8H2,1-4H3. The van der Waals surface area contributed by atoms with Gasteiger partial charge in [-0.15, -0.1) is 5.10 Å². The summed E-state index contributed by atoms with van der Waals surface area (Å²) in [5, 5.41) is 20.2. The van der Waals surface area contributed by atoms with Crippen LogP contribution in [0.25, 0.3) is 10.9 Å². The van der Waals surface area contributed by atoms with E-state index in [4.69, 9.17) is 11.6 Å². The van der Waals surface area contributed by atoms with Crippen molar-refractivity contribution in [3.8, 4) is 0 Å². The molecule has 0 aliphatic carbocycles. The molecule has 0 radical (unpaired) electrons. The predicted octanol–water partition coefficient (Wildman–Crippen LogP) is 3.76. The molecule has 1 unspecified atom stereocenters. The number of aryl methyl sites for hydroxylation is 3. The highest BCUT2D eigenvalue weighted by Crippen LogP contribution is 2.39. The van der Waals surface area contributed by atoms with Gasteiger partial charge in [-0.25, -0.2) is 14.6 Å². The first-order valence-corrected chi connectivity index (χ1v) is 10.0. The maximum atomic E-state index is 13.1. The van der Waals surface area contributed by atoms with Crippen LogP contribution < -0.4 is 0 Å². The molecule has 0 aliphatic heterocycles. The van der Waals surface area contributed by atoms with E-state index in [1.54, 1.807) is 56.9 Å². The lowest BCUT2D eigenvalue weighted by molar-refractivity contribution is -0.127. The number of hydrogen-bond acceptors (Lipinski definition) is 5. The maximum absolute atomic E-state index is 13.1. The summed E-state index contributed by atoms with van der Waals surface area (Å²) in [6.45, 7) is 3.37. The van der Waals surface area contributed by atoms with Crippen molar-refractivity contribution in [2.45, 2.75) is 32.0 Å². The maximum Gasteiger partial charge on any atom is 0.393 e. The Hall–Kier alpha value is -2.98. The van der Waals surface area contributed by atoms with Gasteiger partial charge in [0, 0.05) is 25.0 Å². The van der Waals surface area contributed by atoms with Crippen LogP contribution in [-0.2, 0) is 26.1 Å². The van der Waals surface area contributed by atoms with Gasteiger partial charge in [0.2, 0.25) is 0 Å². The highest BCUT2D eigenvalue weighted by molar-refractivity contribution is 6.30. The molecule has 7 nitrogen and oxygen atoms in total. The van der Waals surface area contributed by atoms with Crippen LogP contribution in [0.1, 0.15) is 33.9 Å². The zero-order valence-electron chi connectivity index (χ0n) is 17.7. The third kappa shape index (κ3) is 3.53. The number of benzene rings is 1. The van der Waals surface area contributed by atoms with Crippen molar-refractivity contribution in [3.05, 3.63) is 69.6 Å². The number of alkyl halides is 3. The van der Waals surface area contributed by atoms with Crippen molar-refractivity contribution in [2.24, 2.45) is 14.1 Å². The van der Waals surface area contributed by atoms with Gasteiger partial charge in [0.25, 0.3) is 0 Å². The molecule has 1 aromatic carbocycles. The van der Waals surface area contributed by atoms with E-state index in [0.717, 1.165) is 0 Å². The predicted molar refractivity (Wildman–Crippen MR) is 112 cm³/mol. The van der Waals surface area contributed by atoms with E-state index in [-0.39, 0.29) is 10.7 Å². The smallest absolute Gasteiger partial charge is 0.373 e. The number of pyridine rings is 1. The Morgan fingerprint density at radius 1 is 1.09 bits per heavy atom. The number of fused-ring (bicyclic) bond motifs is 1. The van der Waals surface area contributed by atoms with Gasteiger partial charge in [-0.2, -0.15) is 13.2 Å². The van der Waals surface area contributed by atoms with Gasteiger partial charge >= 0.3 is 6.18 Å². The molecule has 0 bridgehead atoms. The normalized spacial score (nSPS) is 14.2. The van der Waals surface area contributed by atoms with Crippen molar-refractivity contribution < 1.29 is 18.3 Å². The zero-order chi connectivity index (χ0) is 23.4. The van der Waals surface area contributed by atoms with Gasteiger partial charge in [-0.3, -0.25) is 0 Å². The Morgan fingerprint density at radius 2 is 1.81 bits per heavy atom. The summed E-state index contributed by atoms with van der Waals surface area (Å²) in [6.07, 6.45) is -2.64. The van der Waals surface area contributed by atoms with E-state index < -0.39 is 18.2 Å². The third-order valence-corrected chi connectivity index (χ3v) is 6.10. The lowest BCUT2D eigenvalue weighted by Crippen LogP contribution is -2.33. The molecule has 4 aromatic rings. The number of halogens is 4. The van der Waals surface area contributed by atoms with Crippen molar-refractivity contribution in [1.29, 1.82) is 0 Å². The molecular weight excluding hydrogens is 445 g/mol. The minimum Gasteiger partial charge on any atom is -0.373 e. The second-order valence-corrected chi connectivity index (χ2v) is 8.09. The number of nitrogens with zero attached hydrogens (tertiary/aromatic N) is 6. The summed E-state index contributed by atoms with van der Waals surface area (Å²) in [4.78, 5) is 8.45. The number of rotatable bonds is 4.